The van der Waals surface area contributed by atoms with E-state index in [0.717, 1.165) is 5.75 Å². The van der Waals surface area contributed by atoms with Crippen molar-refractivity contribution in [1.29, 1.82) is 0 Å². The first-order valence-corrected chi connectivity index (χ1v) is 7.81. The minimum Gasteiger partial charge on any atom is -0.495 e. The van der Waals surface area contributed by atoms with Crippen molar-refractivity contribution in [1.82, 2.24) is 5.32 Å². The van der Waals surface area contributed by atoms with E-state index in [9.17, 15) is 0 Å². The van der Waals surface area contributed by atoms with Crippen LogP contribution in [0.25, 0.3) is 0 Å². The second-order valence-electron chi connectivity index (χ2n) is 4.57. The van der Waals surface area contributed by atoms with Gasteiger partial charge in [-0.15, -0.1) is 0 Å². The van der Waals surface area contributed by atoms with E-state index in [2.05, 4.69) is 29.2 Å². The number of halogens is 1. The van der Waals surface area contributed by atoms with Crippen LogP contribution in [0.1, 0.15) is 30.9 Å². The molecular weight excluding hydrogens is 266 g/mol. The zero-order chi connectivity index (χ0) is 13.0. The highest BCUT2D eigenvalue weighted by atomic mass is 35.5. The summed E-state index contributed by atoms with van der Waals surface area (Å²) < 4.78 is 5.30. The highest BCUT2D eigenvalue weighted by Crippen LogP contribution is 2.36. The number of thioether (sulfide) groups is 1. The van der Waals surface area contributed by atoms with Gasteiger partial charge >= 0.3 is 0 Å². The lowest BCUT2D eigenvalue weighted by atomic mass is 9.99. The molecule has 0 aliphatic carbocycles. The lowest BCUT2D eigenvalue weighted by molar-refractivity contribution is 0.413. The summed E-state index contributed by atoms with van der Waals surface area (Å²) in [5, 5.41) is 4.76. The van der Waals surface area contributed by atoms with E-state index in [-0.39, 0.29) is 0 Å². The SMILES string of the molecule is CNC(c1ccc(Cl)c(OC)c1)C1CCCCS1. The van der Waals surface area contributed by atoms with E-state index in [1.54, 1.807) is 7.11 Å². The number of nitrogens with one attached hydrogen (secondary N) is 1. The van der Waals surface area contributed by atoms with E-state index in [0.29, 0.717) is 16.3 Å². The molecule has 2 atom stereocenters. The highest BCUT2D eigenvalue weighted by Gasteiger charge is 2.24. The van der Waals surface area contributed by atoms with Gasteiger partial charge in [0.25, 0.3) is 0 Å². The van der Waals surface area contributed by atoms with Crippen molar-refractivity contribution in [3.63, 3.8) is 0 Å². The summed E-state index contributed by atoms with van der Waals surface area (Å²) >= 11 is 8.15. The molecule has 1 N–H and O–H groups in total. The molecule has 0 spiro atoms. The molecule has 2 unspecified atom stereocenters. The lowest BCUT2D eigenvalue weighted by Gasteiger charge is -2.30. The second-order valence-corrected chi connectivity index (χ2v) is 6.32. The molecule has 0 saturated carbocycles. The van der Waals surface area contributed by atoms with Gasteiger partial charge < -0.3 is 10.1 Å². The van der Waals surface area contributed by atoms with Crippen LogP contribution in [-0.4, -0.2) is 25.2 Å². The second kappa shape index (κ2) is 6.69. The fourth-order valence-electron chi connectivity index (χ4n) is 2.47. The van der Waals surface area contributed by atoms with Gasteiger partial charge in [0.1, 0.15) is 5.75 Å². The third kappa shape index (κ3) is 3.14. The van der Waals surface area contributed by atoms with Gasteiger partial charge in [-0.05, 0) is 43.3 Å². The largest absolute Gasteiger partial charge is 0.495 e. The molecule has 0 aromatic heterocycles. The van der Waals surface area contributed by atoms with Crippen molar-refractivity contribution in [3.05, 3.63) is 28.8 Å². The van der Waals surface area contributed by atoms with Gasteiger partial charge in [-0.3, -0.25) is 0 Å². The van der Waals surface area contributed by atoms with E-state index in [1.165, 1.54) is 30.6 Å². The van der Waals surface area contributed by atoms with E-state index in [1.807, 2.05) is 13.1 Å². The van der Waals surface area contributed by atoms with Crippen molar-refractivity contribution in [2.24, 2.45) is 0 Å². The average molecular weight is 286 g/mol. The van der Waals surface area contributed by atoms with Gasteiger partial charge in [0.05, 0.1) is 12.1 Å². The molecule has 100 valence electrons. The zero-order valence-corrected chi connectivity index (χ0v) is 12.5. The maximum absolute atomic E-state index is 6.08. The average Bonchev–Trinajstić information content (AvgIpc) is 2.42. The number of benzene rings is 1. The first-order chi connectivity index (χ1) is 8.76. The quantitative estimate of drug-likeness (QED) is 0.907. The third-order valence-electron chi connectivity index (χ3n) is 3.43. The summed E-state index contributed by atoms with van der Waals surface area (Å²) in [6.45, 7) is 0. The Labute approximate surface area is 118 Å². The highest BCUT2D eigenvalue weighted by molar-refractivity contribution is 8.00. The van der Waals surface area contributed by atoms with Crippen LogP contribution in [0.4, 0.5) is 0 Å². The van der Waals surface area contributed by atoms with E-state index in [4.69, 9.17) is 16.3 Å². The maximum Gasteiger partial charge on any atom is 0.137 e. The molecule has 4 heteroatoms. The lowest BCUT2D eigenvalue weighted by Crippen LogP contribution is -2.29. The maximum atomic E-state index is 6.08. The first-order valence-electron chi connectivity index (χ1n) is 6.38. The van der Waals surface area contributed by atoms with Crippen molar-refractivity contribution in [3.8, 4) is 5.75 Å². The molecule has 1 aliphatic heterocycles. The number of methoxy groups -OCH3 is 1. The molecule has 1 aromatic rings. The Kier molecular flexibility index (Phi) is 5.22. The molecule has 0 amide bonds. The Morgan fingerprint density at radius 3 is 2.89 bits per heavy atom. The van der Waals surface area contributed by atoms with Gasteiger partial charge in [-0.2, -0.15) is 11.8 Å². The monoisotopic (exact) mass is 285 g/mol. The third-order valence-corrected chi connectivity index (χ3v) is 5.20. The Balaban J connectivity index is 2.20. The molecule has 2 nitrogen and oxygen atoms in total. The van der Waals surface area contributed by atoms with Crippen molar-refractivity contribution in [2.75, 3.05) is 19.9 Å². The van der Waals surface area contributed by atoms with Gasteiger partial charge in [0.15, 0.2) is 0 Å². The van der Waals surface area contributed by atoms with Crippen LogP contribution in [0.15, 0.2) is 18.2 Å². The summed E-state index contributed by atoms with van der Waals surface area (Å²) in [7, 11) is 3.69. The molecule has 2 rings (SSSR count). The molecule has 1 heterocycles. The van der Waals surface area contributed by atoms with Crippen molar-refractivity contribution >= 4 is 23.4 Å². The molecule has 1 aromatic carbocycles. The minimum atomic E-state index is 0.376. The number of hydrogen-bond donors (Lipinski definition) is 1. The fourth-order valence-corrected chi connectivity index (χ4v) is 4.15. The predicted octanol–water partition coefficient (Wildman–Crippen LogP) is 3.89. The number of rotatable bonds is 4. The summed E-state index contributed by atoms with van der Waals surface area (Å²) in [6, 6.07) is 6.45. The van der Waals surface area contributed by atoms with Crippen molar-refractivity contribution in [2.45, 2.75) is 30.6 Å². The van der Waals surface area contributed by atoms with Gasteiger partial charge in [0.2, 0.25) is 0 Å². The molecule has 1 saturated heterocycles. The predicted molar refractivity (Wildman–Crippen MR) is 79.9 cm³/mol. The molecule has 0 bridgehead atoms. The molecule has 1 aliphatic rings. The summed E-state index contributed by atoms with van der Waals surface area (Å²) in [5.74, 6) is 2.03. The number of hydrogen-bond acceptors (Lipinski definition) is 3. The van der Waals surface area contributed by atoms with E-state index < -0.39 is 0 Å². The summed E-state index contributed by atoms with van der Waals surface area (Å²) in [5.41, 5.74) is 1.26. The van der Waals surface area contributed by atoms with Crippen LogP contribution in [0, 0.1) is 0 Å². The summed E-state index contributed by atoms with van der Waals surface area (Å²) in [6.07, 6.45) is 3.96. The Morgan fingerprint density at radius 2 is 2.28 bits per heavy atom. The van der Waals surface area contributed by atoms with Crippen molar-refractivity contribution < 1.29 is 4.74 Å². The standard InChI is InChI=1S/C14H20ClNOS/c1-16-14(13-5-3-4-8-18-13)10-6-7-11(15)12(9-10)17-2/h6-7,9,13-14,16H,3-5,8H2,1-2H3. The van der Waals surface area contributed by atoms with Crippen LogP contribution in [-0.2, 0) is 0 Å². The van der Waals surface area contributed by atoms with Crippen LogP contribution in [0.2, 0.25) is 5.02 Å². The molecular formula is C14H20ClNOS. The van der Waals surface area contributed by atoms with Gasteiger partial charge in [0, 0.05) is 11.3 Å². The van der Waals surface area contributed by atoms with Crippen LogP contribution in [0.3, 0.4) is 0 Å². The van der Waals surface area contributed by atoms with E-state index >= 15 is 0 Å². The van der Waals surface area contributed by atoms with Gasteiger partial charge in [-0.25, -0.2) is 0 Å². The topological polar surface area (TPSA) is 21.3 Å². The fraction of sp³-hybridized carbons (Fsp3) is 0.571. The van der Waals surface area contributed by atoms with Crippen LogP contribution >= 0.6 is 23.4 Å². The first kappa shape index (κ1) is 14.0. The normalized spacial score (nSPS) is 21.6. The smallest absolute Gasteiger partial charge is 0.137 e. The molecule has 1 fully saturated rings. The minimum absolute atomic E-state index is 0.376. The molecule has 18 heavy (non-hydrogen) atoms. The van der Waals surface area contributed by atoms with Crippen LogP contribution < -0.4 is 10.1 Å². The Morgan fingerprint density at radius 1 is 1.44 bits per heavy atom. The Hall–Kier alpha value is -0.380. The number of ether oxygens (including phenoxy) is 1. The summed E-state index contributed by atoms with van der Waals surface area (Å²) in [4.78, 5) is 0. The van der Waals surface area contributed by atoms with Gasteiger partial charge in [-0.1, -0.05) is 24.1 Å². The molecule has 0 radical (unpaired) electrons. The zero-order valence-electron chi connectivity index (χ0n) is 10.9. The Bertz CT molecular complexity index is 393. The van der Waals surface area contributed by atoms with Crippen LogP contribution in [0.5, 0.6) is 5.75 Å².